The molecule has 1 aromatic carbocycles. The lowest BCUT2D eigenvalue weighted by Crippen LogP contribution is -2.35. The first kappa shape index (κ1) is 11.8. The minimum atomic E-state index is -0.0876. The Kier molecular flexibility index (Phi) is 2.56. The van der Waals surface area contributed by atoms with Gasteiger partial charge in [-0.2, -0.15) is 0 Å². The van der Waals surface area contributed by atoms with Gasteiger partial charge in [0.2, 0.25) is 0 Å². The van der Waals surface area contributed by atoms with Crippen molar-refractivity contribution >= 4 is 33.1 Å². The monoisotopic (exact) mass is 276 g/mol. The molecule has 19 heavy (non-hydrogen) atoms. The third kappa shape index (κ3) is 1.88. The Morgan fingerprint density at radius 3 is 2.89 bits per heavy atom. The Hall–Kier alpha value is -2.28. The zero-order valence-corrected chi connectivity index (χ0v) is 11.0. The van der Waals surface area contributed by atoms with Gasteiger partial charge in [-0.15, -0.1) is 0 Å². The van der Waals surface area contributed by atoms with Crippen LogP contribution in [0.1, 0.15) is 0 Å². The molecular weight excluding hydrogens is 264 g/mol. The Morgan fingerprint density at radius 1 is 1.42 bits per heavy atom. The lowest BCUT2D eigenvalue weighted by molar-refractivity contribution is -0.120. The maximum absolute atomic E-state index is 11.6. The smallest absolute Gasteiger partial charge is 0.264 e. The van der Waals surface area contributed by atoms with Gasteiger partial charge in [-0.25, -0.2) is 4.98 Å². The second-order valence-electron chi connectivity index (χ2n) is 4.19. The van der Waals surface area contributed by atoms with Crippen LogP contribution in [-0.2, 0) is 4.79 Å². The van der Waals surface area contributed by atoms with Crippen molar-refractivity contribution in [2.24, 2.45) is 0 Å². The van der Waals surface area contributed by atoms with E-state index in [2.05, 4.69) is 4.98 Å². The van der Waals surface area contributed by atoms with Crippen LogP contribution in [0.5, 0.6) is 5.75 Å². The highest BCUT2D eigenvalue weighted by molar-refractivity contribution is 7.19. The molecule has 7 heteroatoms. The number of carbonyl (C=O) groups excluding carboxylic acids is 1. The number of carbonyl (C=O) groups is 1. The Labute approximate surface area is 113 Å². The zero-order chi connectivity index (χ0) is 13.6. The van der Waals surface area contributed by atoms with E-state index < -0.39 is 0 Å². The first-order valence-corrected chi connectivity index (χ1v) is 6.43. The quantitative estimate of drug-likeness (QED) is 0.819. The number of likely N-dealkylation sites (N-methyl/N-ethyl adjacent to an activating group) is 1. The molecule has 2 heterocycles. The number of ether oxygens (including phenoxy) is 1. The summed E-state index contributed by atoms with van der Waals surface area (Å²) in [6.07, 6.45) is 0. The topological polar surface area (TPSA) is 94.5 Å². The van der Waals surface area contributed by atoms with Crippen LogP contribution in [-0.4, -0.2) is 24.5 Å². The maximum atomic E-state index is 11.6. The van der Waals surface area contributed by atoms with Gasteiger partial charge < -0.3 is 21.1 Å². The second kappa shape index (κ2) is 4.13. The predicted octanol–water partition coefficient (Wildman–Crippen LogP) is 1.33. The minimum Gasteiger partial charge on any atom is -0.482 e. The molecule has 98 valence electrons. The molecule has 4 N–H and O–H groups in total. The molecular formula is C12H12N4O2S. The number of aromatic nitrogens is 1. The predicted molar refractivity (Wildman–Crippen MR) is 75.3 cm³/mol. The van der Waals surface area contributed by atoms with Crippen LogP contribution >= 0.6 is 11.3 Å². The highest BCUT2D eigenvalue weighted by Gasteiger charge is 2.23. The van der Waals surface area contributed by atoms with E-state index in [0.717, 1.165) is 5.56 Å². The number of hydrogen-bond acceptors (Lipinski definition) is 6. The van der Waals surface area contributed by atoms with Crippen LogP contribution in [0.4, 0.5) is 15.8 Å². The number of thiazole rings is 1. The van der Waals surface area contributed by atoms with E-state index in [-0.39, 0.29) is 12.5 Å². The van der Waals surface area contributed by atoms with Crippen molar-refractivity contribution < 1.29 is 9.53 Å². The van der Waals surface area contributed by atoms with E-state index in [1.54, 1.807) is 11.9 Å². The van der Waals surface area contributed by atoms with Gasteiger partial charge in [-0.05, 0) is 18.2 Å². The minimum absolute atomic E-state index is 0.0641. The molecule has 0 spiro atoms. The number of nitrogens with two attached hydrogens (primary N) is 2. The Bertz CT molecular complexity index is 668. The molecule has 6 nitrogen and oxygen atoms in total. The molecule has 0 atom stereocenters. The number of fused-ring (bicyclic) bond motifs is 1. The van der Waals surface area contributed by atoms with Gasteiger partial charge in [0.15, 0.2) is 11.7 Å². The van der Waals surface area contributed by atoms with Crippen molar-refractivity contribution in [3.05, 3.63) is 18.2 Å². The molecule has 1 aliphatic heterocycles. The largest absolute Gasteiger partial charge is 0.482 e. The fourth-order valence-corrected chi connectivity index (χ4v) is 2.60. The van der Waals surface area contributed by atoms with Crippen molar-refractivity contribution in [3.63, 3.8) is 0 Å². The van der Waals surface area contributed by atoms with Gasteiger partial charge >= 0.3 is 0 Å². The van der Waals surface area contributed by atoms with E-state index in [1.165, 1.54) is 11.3 Å². The average Bonchev–Trinajstić information content (AvgIpc) is 2.73. The highest BCUT2D eigenvalue weighted by Crippen LogP contribution is 2.38. The summed E-state index contributed by atoms with van der Waals surface area (Å²) in [5, 5.41) is 0.981. The van der Waals surface area contributed by atoms with Crippen molar-refractivity contribution in [3.8, 4) is 17.0 Å². The summed E-state index contributed by atoms with van der Waals surface area (Å²) in [6.45, 7) is 0.0641. The van der Waals surface area contributed by atoms with Crippen LogP contribution in [0.25, 0.3) is 11.3 Å². The number of anilines is 3. The zero-order valence-electron chi connectivity index (χ0n) is 10.2. The van der Waals surface area contributed by atoms with E-state index in [9.17, 15) is 4.79 Å². The van der Waals surface area contributed by atoms with Crippen molar-refractivity contribution in [2.45, 2.75) is 0 Å². The number of nitrogen functional groups attached to an aromatic ring is 2. The molecule has 0 bridgehead atoms. The summed E-state index contributed by atoms with van der Waals surface area (Å²) in [4.78, 5) is 17.4. The van der Waals surface area contributed by atoms with E-state index in [4.69, 9.17) is 16.2 Å². The van der Waals surface area contributed by atoms with E-state index in [0.29, 0.717) is 27.3 Å². The molecule has 0 fully saturated rings. The molecule has 0 saturated carbocycles. The summed E-state index contributed by atoms with van der Waals surface area (Å²) in [6, 6.07) is 5.49. The first-order valence-electron chi connectivity index (χ1n) is 5.62. The normalized spacial score (nSPS) is 14.2. The highest BCUT2D eigenvalue weighted by atomic mass is 32.1. The third-order valence-corrected chi connectivity index (χ3v) is 3.70. The van der Waals surface area contributed by atoms with Crippen LogP contribution in [0.2, 0.25) is 0 Å². The van der Waals surface area contributed by atoms with E-state index >= 15 is 0 Å². The molecule has 0 aliphatic carbocycles. The summed E-state index contributed by atoms with van der Waals surface area (Å²) in [5.41, 5.74) is 13.7. The molecule has 0 saturated heterocycles. The van der Waals surface area contributed by atoms with Gasteiger partial charge in [0.25, 0.3) is 5.91 Å². The van der Waals surface area contributed by atoms with Crippen LogP contribution < -0.4 is 21.1 Å². The van der Waals surface area contributed by atoms with E-state index in [1.807, 2.05) is 18.2 Å². The summed E-state index contributed by atoms with van der Waals surface area (Å²) < 4.78 is 5.37. The summed E-state index contributed by atoms with van der Waals surface area (Å²) in [5.74, 6) is 0.586. The summed E-state index contributed by atoms with van der Waals surface area (Å²) >= 11 is 1.24. The fourth-order valence-electron chi connectivity index (χ4n) is 1.98. The van der Waals surface area contributed by atoms with Gasteiger partial charge in [0, 0.05) is 12.6 Å². The number of hydrogen-bond donors (Lipinski definition) is 2. The first-order chi connectivity index (χ1) is 9.06. The number of benzene rings is 1. The van der Waals surface area contributed by atoms with Crippen LogP contribution in [0.15, 0.2) is 18.2 Å². The summed E-state index contributed by atoms with van der Waals surface area (Å²) in [7, 11) is 1.71. The molecule has 1 amide bonds. The number of rotatable bonds is 1. The third-order valence-electron chi connectivity index (χ3n) is 2.99. The average molecular weight is 276 g/mol. The maximum Gasteiger partial charge on any atom is 0.264 e. The number of amides is 1. The van der Waals surface area contributed by atoms with Gasteiger partial charge in [0.1, 0.15) is 16.4 Å². The molecule has 0 unspecified atom stereocenters. The van der Waals surface area contributed by atoms with Gasteiger partial charge in [-0.1, -0.05) is 11.3 Å². The molecule has 2 aromatic rings. The van der Waals surface area contributed by atoms with Gasteiger partial charge in [-0.3, -0.25) is 4.79 Å². The van der Waals surface area contributed by atoms with Crippen molar-refractivity contribution in [1.82, 2.24) is 4.98 Å². The van der Waals surface area contributed by atoms with Crippen LogP contribution in [0, 0.1) is 0 Å². The molecule has 1 aliphatic rings. The number of nitrogens with zero attached hydrogens (tertiary/aromatic N) is 2. The standard InChI is InChI=1S/C12H12N4O2S/c1-16-7-4-6(10-11(13)19-12(14)15-10)2-3-8(7)18-5-9(16)17/h2-4H,5,13H2,1H3,(H2,14,15). The van der Waals surface area contributed by atoms with Crippen molar-refractivity contribution in [1.29, 1.82) is 0 Å². The fraction of sp³-hybridized carbons (Fsp3) is 0.167. The SMILES string of the molecule is CN1C(=O)COc2ccc(-c3nc(N)sc3N)cc21. The molecule has 3 rings (SSSR count). The Morgan fingerprint density at radius 2 is 2.21 bits per heavy atom. The second-order valence-corrected chi connectivity index (χ2v) is 5.25. The lowest BCUT2D eigenvalue weighted by atomic mass is 10.1. The van der Waals surface area contributed by atoms with Crippen LogP contribution in [0.3, 0.4) is 0 Å². The lowest BCUT2D eigenvalue weighted by Gasteiger charge is -2.26. The Balaban J connectivity index is 2.11. The molecule has 1 aromatic heterocycles. The molecule has 0 radical (unpaired) electrons. The van der Waals surface area contributed by atoms with Crippen molar-refractivity contribution in [2.75, 3.05) is 30.0 Å². The van der Waals surface area contributed by atoms with Gasteiger partial charge in [0.05, 0.1) is 5.69 Å².